The van der Waals surface area contributed by atoms with E-state index >= 15 is 0 Å². The lowest BCUT2D eigenvalue weighted by molar-refractivity contribution is 0.141. The van der Waals surface area contributed by atoms with Gasteiger partial charge in [0.15, 0.2) is 0 Å². The van der Waals surface area contributed by atoms with Crippen molar-refractivity contribution < 1.29 is 5.11 Å². The fraction of sp³-hybridized carbons (Fsp3) is 0.476. The molecule has 0 radical (unpaired) electrons. The molecule has 1 aliphatic carbocycles. The van der Waals surface area contributed by atoms with Gasteiger partial charge in [0.2, 0.25) is 5.95 Å². The first-order valence-corrected chi connectivity index (χ1v) is 10.8. The van der Waals surface area contributed by atoms with Crippen molar-refractivity contribution in [3.8, 4) is 11.1 Å². The highest BCUT2D eigenvalue weighted by Crippen LogP contribution is 2.46. The Bertz CT molecular complexity index is 1040. The molecule has 2 aliphatic rings. The van der Waals surface area contributed by atoms with Crippen LogP contribution >= 0.6 is 23.2 Å². The van der Waals surface area contributed by atoms with Gasteiger partial charge < -0.3 is 15.7 Å². The fourth-order valence-corrected chi connectivity index (χ4v) is 5.39. The fourth-order valence-electron chi connectivity index (χ4n) is 4.99. The Morgan fingerprint density at radius 2 is 2.00 bits per heavy atom. The number of aryl methyl sites for hydroxylation is 1. The molecule has 0 amide bonds. The molecule has 2 heterocycles. The maximum atomic E-state index is 10.1. The Kier molecular flexibility index (Phi) is 5.66. The van der Waals surface area contributed by atoms with Gasteiger partial charge in [-0.05, 0) is 44.1 Å². The molecule has 160 valence electrons. The van der Waals surface area contributed by atoms with E-state index < -0.39 is 0 Å². The molecule has 2 atom stereocenters. The standard InChI is InChI=1S/C21H26Cl2N6O/c1-12-17(14-3-2-4-15(22)18(14)23)19(26)29(11-24)20(27-12)28-7-5-21(6-8-28)10-13(30)9-16(21)25/h2-4,11,13,16,24,26,30H,5-10,25H2,1H3/t13-,16+/m0/s1. The number of hydrogen-bond acceptors (Lipinski definition) is 6. The summed E-state index contributed by atoms with van der Waals surface area (Å²) in [5.74, 6) is 0.566. The van der Waals surface area contributed by atoms with Gasteiger partial charge in [0.1, 0.15) is 5.49 Å². The van der Waals surface area contributed by atoms with Crippen LogP contribution in [0, 0.1) is 23.2 Å². The zero-order valence-electron chi connectivity index (χ0n) is 16.8. The topological polar surface area (TPSA) is 115 Å². The van der Waals surface area contributed by atoms with E-state index in [1.807, 2.05) is 13.0 Å². The van der Waals surface area contributed by atoms with Crippen LogP contribution in [0.4, 0.5) is 5.95 Å². The largest absolute Gasteiger partial charge is 0.393 e. The minimum Gasteiger partial charge on any atom is -0.393 e. The summed E-state index contributed by atoms with van der Waals surface area (Å²) in [6, 6.07) is 5.31. The summed E-state index contributed by atoms with van der Waals surface area (Å²) in [4.78, 5) is 6.86. The first-order valence-electron chi connectivity index (χ1n) is 10.1. The maximum absolute atomic E-state index is 10.1. The third kappa shape index (κ3) is 3.43. The summed E-state index contributed by atoms with van der Waals surface area (Å²) in [5, 5.41) is 27.5. The number of nitrogens with zero attached hydrogens (tertiary/aromatic N) is 3. The number of nitrogens with one attached hydrogen (secondary N) is 2. The number of aliphatic hydroxyl groups excluding tert-OH is 1. The van der Waals surface area contributed by atoms with Crippen molar-refractivity contribution in [1.29, 1.82) is 10.8 Å². The van der Waals surface area contributed by atoms with Crippen LogP contribution < -0.4 is 16.1 Å². The predicted molar refractivity (Wildman–Crippen MR) is 120 cm³/mol. The van der Waals surface area contributed by atoms with Gasteiger partial charge in [0, 0.05) is 30.3 Å². The molecule has 2 aromatic rings. The summed E-state index contributed by atoms with van der Waals surface area (Å²) < 4.78 is 1.47. The van der Waals surface area contributed by atoms with E-state index in [1.54, 1.807) is 12.1 Å². The second kappa shape index (κ2) is 7.96. The lowest BCUT2D eigenvalue weighted by Crippen LogP contribution is -2.48. The summed E-state index contributed by atoms with van der Waals surface area (Å²) >= 11 is 12.6. The first kappa shape index (κ1) is 21.3. The van der Waals surface area contributed by atoms with E-state index in [0.29, 0.717) is 39.2 Å². The number of rotatable bonds is 3. The average Bonchev–Trinajstić information content (AvgIpc) is 2.98. The third-order valence-corrected chi connectivity index (χ3v) is 7.49. The number of aliphatic hydroxyl groups is 1. The molecule has 0 bridgehead atoms. The van der Waals surface area contributed by atoms with Crippen LogP contribution in [0.2, 0.25) is 10.0 Å². The molecular formula is C21H26Cl2N6O. The van der Waals surface area contributed by atoms with E-state index in [9.17, 15) is 5.11 Å². The molecule has 1 saturated heterocycles. The van der Waals surface area contributed by atoms with Crippen LogP contribution in [0.25, 0.3) is 11.1 Å². The Labute approximate surface area is 185 Å². The van der Waals surface area contributed by atoms with Crippen LogP contribution in [0.1, 0.15) is 31.4 Å². The van der Waals surface area contributed by atoms with E-state index in [0.717, 1.165) is 38.7 Å². The van der Waals surface area contributed by atoms with Crippen LogP contribution in [0.5, 0.6) is 0 Å². The van der Waals surface area contributed by atoms with E-state index in [1.165, 1.54) is 4.57 Å². The van der Waals surface area contributed by atoms with Gasteiger partial charge in [0.25, 0.3) is 0 Å². The number of aromatic nitrogens is 2. The molecule has 5 N–H and O–H groups in total. The molecule has 30 heavy (non-hydrogen) atoms. The minimum atomic E-state index is -0.319. The van der Waals surface area contributed by atoms with Crippen molar-refractivity contribution in [2.45, 2.75) is 44.8 Å². The van der Waals surface area contributed by atoms with E-state index in [4.69, 9.17) is 44.7 Å². The molecule has 1 spiro atoms. The van der Waals surface area contributed by atoms with Crippen LogP contribution in [0.15, 0.2) is 18.2 Å². The number of hydrogen-bond donors (Lipinski definition) is 4. The second-order valence-corrected chi connectivity index (χ2v) is 9.16. The lowest BCUT2D eigenvalue weighted by atomic mass is 9.74. The second-order valence-electron chi connectivity index (χ2n) is 8.37. The number of piperidine rings is 1. The summed E-state index contributed by atoms with van der Waals surface area (Å²) in [6.07, 6.45) is 3.92. The lowest BCUT2D eigenvalue weighted by Gasteiger charge is -2.42. The highest BCUT2D eigenvalue weighted by Gasteiger charge is 2.47. The Hall–Kier alpha value is -1.93. The third-order valence-electron chi connectivity index (χ3n) is 6.67. The van der Waals surface area contributed by atoms with Crippen LogP contribution in [-0.2, 0) is 0 Å². The number of anilines is 1. The van der Waals surface area contributed by atoms with Gasteiger partial charge in [-0.2, -0.15) is 0 Å². The number of benzene rings is 1. The zero-order valence-corrected chi connectivity index (χ0v) is 18.3. The maximum Gasteiger partial charge on any atom is 0.212 e. The SMILES string of the molecule is Cc1nc(N2CCC3(CC2)C[C@@H](O)C[C@H]3N)n(C=N)c(=N)c1-c1cccc(Cl)c1Cl. The first-order chi connectivity index (χ1) is 14.3. The van der Waals surface area contributed by atoms with E-state index in [-0.39, 0.29) is 23.0 Å². The van der Waals surface area contributed by atoms with Gasteiger partial charge >= 0.3 is 0 Å². The normalized spacial score (nSPS) is 23.2. The van der Waals surface area contributed by atoms with Crippen molar-refractivity contribution >= 4 is 35.5 Å². The number of halogens is 2. The van der Waals surface area contributed by atoms with Gasteiger partial charge in [-0.25, -0.2) is 4.98 Å². The van der Waals surface area contributed by atoms with Gasteiger partial charge in [0.05, 0.1) is 28.2 Å². The predicted octanol–water partition coefficient (Wildman–Crippen LogP) is 3.17. The summed E-state index contributed by atoms with van der Waals surface area (Å²) in [7, 11) is 0. The van der Waals surface area contributed by atoms with Crippen molar-refractivity contribution in [3.05, 3.63) is 39.4 Å². The van der Waals surface area contributed by atoms with Gasteiger partial charge in [-0.15, -0.1) is 0 Å². The van der Waals surface area contributed by atoms with Crippen LogP contribution in [0.3, 0.4) is 0 Å². The molecule has 1 aromatic heterocycles. The van der Waals surface area contributed by atoms with Gasteiger partial charge in [-0.3, -0.25) is 15.4 Å². The molecule has 2 fully saturated rings. The van der Waals surface area contributed by atoms with Crippen LogP contribution in [-0.4, -0.2) is 46.2 Å². The van der Waals surface area contributed by atoms with Crippen molar-refractivity contribution in [3.63, 3.8) is 0 Å². The molecule has 7 nitrogen and oxygen atoms in total. The smallest absolute Gasteiger partial charge is 0.212 e. The number of nitrogens with two attached hydrogens (primary N) is 1. The zero-order chi connectivity index (χ0) is 21.6. The molecule has 1 aliphatic heterocycles. The Morgan fingerprint density at radius 1 is 1.30 bits per heavy atom. The molecule has 1 saturated carbocycles. The molecular weight excluding hydrogens is 423 g/mol. The summed E-state index contributed by atoms with van der Waals surface area (Å²) in [5.41, 5.74) is 8.31. The molecule has 0 unspecified atom stereocenters. The van der Waals surface area contributed by atoms with E-state index in [2.05, 4.69) is 4.90 Å². The summed E-state index contributed by atoms with van der Waals surface area (Å²) in [6.45, 7) is 3.28. The molecule has 1 aromatic carbocycles. The minimum absolute atomic E-state index is 0.0123. The Balaban J connectivity index is 1.70. The average molecular weight is 449 g/mol. The van der Waals surface area contributed by atoms with Crippen molar-refractivity contribution in [2.24, 2.45) is 11.1 Å². The van der Waals surface area contributed by atoms with Gasteiger partial charge in [-0.1, -0.05) is 35.3 Å². The molecule has 4 rings (SSSR count). The Morgan fingerprint density at radius 3 is 2.60 bits per heavy atom. The quantitative estimate of drug-likeness (QED) is 0.426. The highest BCUT2D eigenvalue weighted by atomic mass is 35.5. The molecule has 9 heteroatoms. The highest BCUT2D eigenvalue weighted by molar-refractivity contribution is 6.43. The van der Waals surface area contributed by atoms with Crippen molar-refractivity contribution in [1.82, 2.24) is 9.55 Å². The monoisotopic (exact) mass is 448 g/mol. The van der Waals surface area contributed by atoms with Crippen molar-refractivity contribution in [2.75, 3.05) is 18.0 Å².